The molecule has 20 heavy (non-hydrogen) atoms. The highest BCUT2D eigenvalue weighted by Crippen LogP contribution is 2.16. The number of aromatic nitrogens is 1. The molecule has 0 bridgehead atoms. The second-order valence-electron chi connectivity index (χ2n) is 4.58. The van der Waals surface area contributed by atoms with Gasteiger partial charge in [0.25, 0.3) is 0 Å². The number of fused-ring (bicyclic) bond motifs is 1. The number of para-hydroxylation sites is 1. The summed E-state index contributed by atoms with van der Waals surface area (Å²) in [7, 11) is 1.67. The third-order valence-corrected chi connectivity index (χ3v) is 3.22. The van der Waals surface area contributed by atoms with Crippen LogP contribution in [-0.4, -0.2) is 12.1 Å². The monoisotopic (exact) mass is 264 g/mol. The Balaban J connectivity index is 1.72. The van der Waals surface area contributed by atoms with Crippen LogP contribution in [0.3, 0.4) is 0 Å². The summed E-state index contributed by atoms with van der Waals surface area (Å²) in [5.41, 5.74) is 3.11. The summed E-state index contributed by atoms with van der Waals surface area (Å²) >= 11 is 0. The van der Waals surface area contributed by atoms with E-state index in [1.165, 1.54) is 5.39 Å². The third-order valence-electron chi connectivity index (χ3n) is 3.22. The van der Waals surface area contributed by atoms with Gasteiger partial charge in [-0.25, -0.2) is 0 Å². The number of rotatable bonds is 4. The van der Waals surface area contributed by atoms with Gasteiger partial charge in [-0.1, -0.05) is 24.3 Å². The molecule has 1 heterocycles. The quantitative estimate of drug-likeness (QED) is 0.777. The smallest absolute Gasteiger partial charge is 0.119 e. The van der Waals surface area contributed by atoms with Crippen molar-refractivity contribution in [1.82, 2.24) is 4.98 Å². The number of ether oxygens (including phenoxy) is 1. The maximum Gasteiger partial charge on any atom is 0.119 e. The molecule has 3 nitrogen and oxygen atoms in total. The van der Waals surface area contributed by atoms with Gasteiger partial charge in [-0.05, 0) is 36.4 Å². The maximum absolute atomic E-state index is 5.14. The van der Waals surface area contributed by atoms with E-state index in [0.29, 0.717) is 6.54 Å². The van der Waals surface area contributed by atoms with Crippen LogP contribution in [0.2, 0.25) is 0 Å². The van der Waals surface area contributed by atoms with E-state index in [0.717, 1.165) is 22.6 Å². The summed E-state index contributed by atoms with van der Waals surface area (Å²) in [4.78, 5) is 4.64. The molecule has 0 saturated carbocycles. The van der Waals surface area contributed by atoms with Crippen molar-refractivity contribution in [2.24, 2.45) is 0 Å². The minimum absolute atomic E-state index is 0.706. The number of nitrogens with zero attached hydrogens (tertiary/aromatic N) is 1. The molecule has 0 spiro atoms. The highest BCUT2D eigenvalue weighted by molar-refractivity contribution is 5.78. The van der Waals surface area contributed by atoms with Crippen molar-refractivity contribution in [3.8, 4) is 5.75 Å². The molecule has 0 unspecified atom stereocenters. The lowest BCUT2D eigenvalue weighted by atomic mass is 10.2. The molecule has 0 saturated heterocycles. The number of hydrogen-bond donors (Lipinski definition) is 1. The third kappa shape index (κ3) is 2.72. The largest absolute Gasteiger partial charge is 0.497 e. The molecule has 2 aromatic carbocycles. The Morgan fingerprint density at radius 3 is 2.55 bits per heavy atom. The number of methoxy groups -OCH3 is 1. The van der Waals surface area contributed by atoms with Crippen LogP contribution in [0, 0.1) is 0 Å². The van der Waals surface area contributed by atoms with Gasteiger partial charge in [0.2, 0.25) is 0 Å². The van der Waals surface area contributed by atoms with Crippen molar-refractivity contribution >= 4 is 16.6 Å². The van der Waals surface area contributed by atoms with Crippen molar-refractivity contribution in [2.75, 3.05) is 12.4 Å². The van der Waals surface area contributed by atoms with Gasteiger partial charge < -0.3 is 10.1 Å². The molecule has 3 rings (SSSR count). The Kier molecular flexibility index (Phi) is 3.50. The van der Waals surface area contributed by atoms with Crippen LogP contribution in [0.15, 0.2) is 60.7 Å². The summed E-state index contributed by atoms with van der Waals surface area (Å²) in [6.07, 6.45) is 0. The SMILES string of the molecule is COc1ccc(NCc2ccc3ccccc3n2)cc1. The Bertz CT molecular complexity index is 708. The molecule has 3 aromatic rings. The highest BCUT2D eigenvalue weighted by Gasteiger charge is 1.99. The van der Waals surface area contributed by atoms with E-state index in [1.807, 2.05) is 42.5 Å². The van der Waals surface area contributed by atoms with E-state index in [2.05, 4.69) is 28.5 Å². The van der Waals surface area contributed by atoms with Gasteiger partial charge in [-0.2, -0.15) is 0 Å². The summed E-state index contributed by atoms with van der Waals surface area (Å²) in [5.74, 6) is 0.861. The van der Waals surface area contributed by atoms with Gasteiger partial charge in [0.1, 0.15) is 5.75 Å². The summed E-state index contributed by atoms with van der Waals surface area (Å²) in [6, 6.07) is 20.2. The molecular weight excluding hydrogens is 248 g/mol. The predicted molar refractivity (Wildman–Crippen MR) is 82.1 cm³/mol. The van der Waals surface area contributed by atoms with Gasteiger partial charge in [-0.15, -0.1) is 0 Å². The van der Waals surface area contributed by atoms with E-state index in [1.54, 1.807) is 7.11 Å². The molecule has 0 amide bonds. The Hall–Kier alpha value is -2.55. The fraction of sp³-hybridized carbons (Fsp3) is 0.118. The van der Waals surface area contributed by atoms with E-state index in [9.17, 15) is 0 Å². The molecule has 0 atom stereocenters. The van der Waals surface area contributed by atoms with Crippen LogP contribution >= 0.6 is 0 Å². The van der Waals surface area contributed by atoms with Crippen LogP contribution in [0.4, 0.5) is 5.69 Å². The highest BCUT2D eigenvalue weighted by atomic mass is 16.5. The molecular formula is C17H16N2O. The second kappa shape index (κ2) is 5.61. The fourth-order valence-corrected chi connectivity index (χ4v) is 2.11. The number of pyridine rings is 1. The zero-order valence-electron chi connectivity index (χ0n) is 11.3. The molecule has 0 radical (unpaired) electrons. The van der Waals surface area contributed by atoms with Crippen LogP contribution in [0.5, 0.6) is 5.75 Å². The summed E-state index contributed by atoms with van der Waals surface area (Å²) in [5, 5.41) is 4.53. The lowest BCUT2D eigenvalue weighted by molar-refractivity contribution is 0.415. The maximum atomic E-state index is 5.14. The number of anilines is 1. The minimum Gasteiger partial charge on any atom is -0.497 e. The number of benzene rings is 2. The molecule has 3 heteroatoms. The normalized spacial score (nSPS) is 10.4. The van der Waals surface area contributed by atoms with Crippen LogP contribution in [0.1, 0.15) is 5.69 Å². The van der Waals surface area contributed by atoms with Crippen molar-refractivity contribution in [1.29, 1.82) is 0 Å². The zero-order chi connectivity index (χ0) is 13.8. The van der Waals surface area contributed by atoms with Crippen molar-refractivity contribution in [3.63, 3.8) is 0 Å². The first-order valence-corrected chi connectivity index (χ1v) is 6.58. The fourth-order valence-electron chi connectivity index (χ4n) is 2.11. The second-order valence-corrected chi connectivity index (χ2v) is 4.58. The van der Waals surface area contributed by atoms with Crippen LogP contribution in [0.25, 0.3) is 10.9 Å². The molecule has 1 aromatic heterocycles. The lowest BCUT2D eigenvalue weighted by Crippen LogP contribution is -2.01. The first-order chi connectivity index (χ1) is 9.85. The van der Waals surface area contributed by atoms with Gasteiger partial charge in [0.05, 0.1) is 24.9 Å². The Labute approximate surface area is 118 Å². The average molecular weight is 264 g/mol. The predicted octanol–water partition coefficient (Wildman–Crippen LogP) is 3.86. The number of nitrogens with one attached hydrogen (secondary N) is 1. The molecule has 0 aliphatic rings. The van der Waals surface area contributed by atoms with E-state index in [-0.39, 0.29) is 0 Å². The summed E-state index contributed by atoms with van der Waals surface area (Å²) in [6.45, 7) is 0.706. The number of hydrogen-bond acceptors (Lipinski definition) is 3. The zero-order valence-corrected chi connectivity index (χ0v) is 11.3. The van der Waals surface area contributed by atoms with Crippen LogP contribution in [-0.2, 0) is 6.54 Å². The molecule has 100 valence electrons. The van der Waals surface area contributed by atoms with E-state index >= 15 is 0 Å². The first kappa shape index (κ1) is 12.5. The Morgan fingerprint density at radius 1 is 0.950 bits per heavy atom. The molecule has 0 aliphatic carbocycles. The Morgan fingerprint density at radius 2 is 1.75 bits per heavy atom. The molecule has 0 fully saturated rings. The van der Waals surface area contributed by atoms with Crippen molar-refractivity contribution in [2.45, 2.75) is 6.54 Å². The standard InChI is InChI=1S/C17H16N2O/c1-20-16-10-8-14(9-11-16)18-12-15-7-6-13-4-2-3-5-17(13)19-15/h2-11,18H,12H2,1H3. The van der Waals surface area contributed by atoms with Crippen LogP contribution < -0.4 is 10.1 Å². The van der Waals surface area contributed by atoms with Gasteiger partial charge >= 0.3 is 0 Å². The topological polar surface area (TPSA) is 34.1 Å². The average Bonchev–Trinajstić information content (AvgIpc) is 2.53. The first-order valence-electron chi connectivity index (χ1n) is 6.58. The van der Waals surface area contributed by atoms with E-state index in [4.69, 9.17) is 4.74 Å². The summed E-state index contributed by atoms with van der Waals surface area (Å²) < 4.78 is 5.14. The van der Waals surface area contributed by atoms with Gasteiger partial charge in [-0.3, -0.25) is 4.98 Å². The lowest BCUT2D eigenvalue weighted by Gasteiger charge is -2.07. The minimum atomic E-state index is 0.706. The van der Waals surface area contributed by atoms with Gasteiger partial charge in [0, 0.05) is 11.1 Å². The van der Waals surface area contributed by atoms with Gasteiger partial charge in [0.15, 0.2) is 0 Å². The van der Waals surface area contributed by atoms with E-state index < -0.39 is 0 Å². The molecule has 0 aliphatic heterocycles. The van der Waals surface area contributed by atoms with Crippen molar-refractivity contribution < 1.29 is 4.74 Å². The molecule has 1 N–H and O–H groups in total. The van der Waals surface area contributed by atoms with Crippen molar-refractivity contribution in [3.05, 3.63) is 66.4 Å².